The van der Waals surface area contributed by atoms with Crippen LogP contribution in [0.3, 0.4) is 0 Å². The molecule has 0 aliphatic rings. The Bertz CT molecular complexity index is 1240. The van der Waals surface area contributed by atoms with Crippen molar-refractivity contribution in [3.05, 3.63) is 64.7 Å². The van der Waals surface area contributed by atoms with Gasteiger partial charge in [0.15, 0.2) is 0 Å². The summed E-state index contributed by atoms with van der Waals surface area (Å²) < 4.78 is 2.33. The molecule has 28 heavy (non-hydrogen) atoms. The Morgan fingerprint density at radius 1 is 0.893 bits per heavy atom. The molecule has 4 heteroatoms. The lowest BCUT2D eigenvalue weighted by Crippen LogP contribution is -2.35. The summed E-state index contributed by atoms with van der Waals surface area (Å²) in [5.74, 6) is 0. The normalized spacial score (nSPS) is 11.4. The van der Waals surface area contributed by atoms with Crippen LogP contribution in [0.1, 0.15) is 22.3 Å². The third-order valence-corrected chi connectivity index (χ3v) is 5.52. The molecule has 0 fully saturated rings. The fourth-order valence-electron chi connectivity index (χ4n) is 3.94. The number of anilines is 2. The third-order valence-electron chi connectivity index (χ3n) is 5.52. The van der Waals surface area contributed by atoms with Gasteiger partial charge in [0.05, 0.1) is 0 Å². The van der Waals surface area contributed by atoms with Crippen LogP contribution < -0.4 is 15.2 Å². The summed E-state index contributed by atoms with van der Waals surface area (Å²) in [5, 5.41) is 0. The van der Waals surface area contributed by atoms with Crippen LogP contribution in [0.2, 0.25) is 0 Å². The SMILES string of the molecule is Cc1ccc(-[n+]2c3cc(N(C)C)ccc3nc3c(C)cc(N)c(C)c32)c(C)c1. The summed E-state index contributed by atoms with van der Waals surface area (Å²) in [5.41, 5.74) is 18.2. The van der Waals surface area contributed by atoms with E-state index >= 15 is 0 Å². The second-order valence-electron chi connectivity index (χ2n) is 7.91. The van der Waals surface area contributed by atoms with E-state index in [2.05, 4.69) is 87.7 Å². The number of rotatable bonds is 2. The van der Waals surface area contributed by atoms with Gasteiger partial charge in [-0.2, -0.15) is 0 Å². The molecule has 0 saturated carbocycles. The third kappa shape index (κ3) is 2.76. The van der Waals surface area contributed by atoms with Crippen molar-refractivity contribution in [3.63, 3.8) is 0 Å². The molecule has 0 unspecified atom stereocenters. The summed E-state index contributed by atoms with van der Waals surface area (Å²) >= 11 is 0. The van der Waals surface area contributed by atoms with Crippen molar-refractivity contribution in [2.24, 2.45) is 0 Å². The number of nitrogen functional groups attached to an aromatic ring is 1. The van der Waals surface area contributed by atoms with Crippen LogP contribution in [0.5, 0.6) is 0 Å². The molecular weight excluding hydrogens is 344 g/mol. The molecule has 0 aliphatic carbocycles. The summed E-state index contributed by atoms with van der Waals surface area (Å²) in [4.78, 5) is 7.14. The molecule has 0 spiro atoms. The zero-order valence-electron chi connectivity index (χ0n) is 17.5. The average Bonchev–Trinajstić information content (AvgIpc) is 2.64. The maximum Gasteiger partial charge on any atom is 0.242 e. The van der Waals surface area contributed by atoms with Crippen molar-refractivity contribution >= 4 is 33.4 Å². The van der Waals surface area contributed by atoms with E-state index in [4.69, 9.17) is 10.7 Å². The van der Waals surface area contributed by atoms with Crippen molar-refractivity contribution in [3.8, 4) is 5.69 Å². The number of fused-ring (bicyclic) bond motifs is 2. The first-order valence-corrected chi connectivity index (χ1v) is 9.58. The first kappa shape index (κ1) is 18.2. The molecule has 1 heterocycles. The van der Waals surface area contributed by atoms with Gasteiger partial charge in [-0.1, -0.05) is 11.6 Å². The minimum Gasteiger partial charge on any atom is -0.398 e. The van der Waals surface area contributed by atoms with Crippen LogP contribution in [0, 0.1) is 27.7 Å². The van der Waals surface area contributed by atoms with E-state index < -0.39 is 0 Å². The van der Waals surface area contributed by atoms with E-state index in [-0.39, 0.29) is 0 Å². The summed E-state index contributed by atoms with van der Waals surface area (Å²) in [6.45, 7) is 8.46. The van der Waals surface area contributed by atoms with Crippen molar-refractivity contribution in [1.29, 1.82) is 0 Å². The van der Waals surface area contributed by atoms with E-state index in [9.17, 15) is 0 Å². The fourth-order valence-corrected chi connectivity index (χ4v) is 3.94. The highest BCUT2D eigenvalue weighted by Gasteiger charge is 2.25. The standard InChI is InChI=1S/C24H26N4/c1-14-7-10-21(15(2)11-14)28-22-13-18(27(5)6)8-9-20(22)26-23-16(3)12-19(25)17(4)24(23)28/h7-13,25H,1-6H3/p+1. The highest BCUT2D eigenvalue weighted by molar-refractivity contribution is 5.90. The predicted octanol–water partition coefficient (Wildman–Crippen LogP) is 4.55. The number of benzene rings is 3. The molecule has 4 nitrogen and oxygen atoms in total. The molecule has 142 valence electrons. The quantitative estimate of drug-likeness (QED) is 0.319. The van der Waals surface area contributed by atoms with Gasteiger partial charge in [-0.05, 0) is 57.5 Å². The van der Waals surface area contributed by atoms with E-state index in [0.717, 1.165) is 50.3 Å². The van der Waals surface area contributed by atoms with Gasteiger partial charge in [-0.25, -0.2) is 4.98 Å². The average molecular weight is 372 g/mol. The van der Waals surface area contributed by atoms with E-state index in [1.165, 1.54) is 11.1 Å². The highest BCUT2D eigenvalue weighted by atomic mass is 15.1. The number of nitrogens with two attached hydrogens (primary N) is 1. The molecule has 0 aliphatic heterocycles. The van der Waals surface area contributed by atoms with Crippen molar-refractivity contribution in [2.45, 2.75) is 27.7 Å². The molecule has 1 aromatic heterocycles. The van der Waals surface area contributed by atoms with Crippen LogP contribution in [0.4, 0.5) is 11.4 Å². The Hall–Kier alpha value is -3.14. The van der Waals surface area contributed by atoms with Gasteiger partial charge < -0.3 is 10.6 Å². The number of nitrogens with zero attached hydrogens (tertiary/aromatic N) is 3. The summed E-state index contributed by atoms with van der Waals surface area (Å²) in [7, 11) is 4.12. The lowest BCUT2D eigenvalue weighted by atomic mass is 10.0. The topological polar surface area (TPSA) is 46.0 Å². The largest absolute Gasteiger partial charge is 0.398 e. The minimum atomic E-state index is 0.799. The fraction of sp³-hybridized carbons (Fsp3) is 0.250. The van der Waals surface area contributed by atoms with Gasteiger partial charge in [0, 0.05) is 48.7 Å². The van der Waals surface area contributed by atoms with Gasteiger partial charge in [0.1, 0.15) is 11.0 Å². The van der Waals surface area contributed by atoms with E-state index in [1.807, 2.05) is 6.07 Å². The second-order valence-corrected chi connectivity index (χ2v) is 7.91. The Labute approximate surface area is 166 Å². The van der Waals surface area contributed by atoms with Crippen molar-refractivity contribution < 1.29 is 4.57 Å². The van der Waals surface area contributed by atoms with Gasteiger partial charge in [0.2, 0.25) is 16.7 Å². The Kier molecular flexibility index (Phi) is 4.22. The highest BCUT2D eigenvalue weighted by Crippen LogP contribution is 2.29. The van der Waals surface area contributed by atoms with Crippen molar-refractivity contribution in [2.75, 3.05) is 24.7 Å². The zero-order chi connectivity index (χ0) is 20.2. The second kappa shape index (κ2) is 6.48. The maximum absolute atomic E-state index is 6.37. The first-order chi connectivity index (χ1) is 13.3. The number of aryl methyl sites for hydroxylation is 4. The molecular formula is C24H27N4+. The van der Waals surface area contributed by atoms with Crippen LogP contribution in [0.25, 0.3) is 27.8 Å². The first-order valence-electron chi connectivity index (χ1n) is 9.58. The monoisotopic (exact) mass is 371 g/mol. The number of hydrogen-bond acceptors (Lipinski definition) is 3. The molecule has 0 saturated heterocycles. The summed E-state index contributed by atoms with van der Waals surface area (Å²) in [6, 6.07) is 15.0. The predicted molar refractivity (Wildman–Crippen MR) is 118 cm³/mol. The van der Waals surface area contributed by atoms with Gasteiger partial charge >= 0.3 is 0 Å². The van der Waals surface area contributed by atoms with Crippen LogP contribution in [-0.2, 0) is 0 Å². The summed E-state index contributed by atoms with van der Waals surface area (Å²) in [6.07, 6.45) is 0. The van der Waals surface area contributed by atoms with E-state index in [0.29, 0.717) is 0 Å². The maximum atomic E-state index is 6.37. The lowest BCUT2D eigenvalue weighted by molar-refractivity contribution is -0.539. The molecule has 0 bridgehead atoms. The Balaban J connectivity index is 2.28. The number of hydrogen-bond donors (Lipinski definition) is 1. The van der Waals surface area contributed by atoms with Crippen LogP contribution in [0.15, 0.2) is 42.5 Å². The molecule has 3 aromatic carbocycles. The molecule has 0 radical (unpaired) electrons. The minimum absolute atomic E-state index is 0.799. The molecule has 4 aromatic rings. The Morgan fingerprint density at radius 3 is 2.32 bits per heavy atom. The zero-order valence-corrected chi connectivity index (χ0v) is 17.5. The Morgan fingerprint density at radius 2 is 1.64 bits per heavy atom. The van der Waals surface area contributed by atoms with Gasteiger partial charge in [-0.15, -0.1) is 4.57 Å². The van der Waals surface area contributed by atoms with Gasteiger partial charge in [0.25, 0.3) is 0 Å². The van der Waals surface area contributed by atoms with Crippen LogP contribution in [-0.4, -0.2) is 19.1 Å². The smallest absolute Gasteiger partial charge is 0.242 e. The number of aromatic nitrogens is 2. The lowest BCUT2D eigenvalue weighted by Gasteiger charge is -2.15. The molecule has 0 atom stereocenters. The van der Waals surface area contributed by atoms with Crippen LogP contribution >= 0.6 is 0 Å². The van der Waals surface area contributed by atoms with E-state index in [1.54, 1.807) is 0 Å². The molecule has 4 rings (SSSR count). The van der Waals surface area contributed by atoms with Crippen molar-refractivity contribution in [1.82, 2.24) is 4.98 Å². The van der Waals surface area contributed by atoms with Gasteiger partial charge in [-0.3, -0.25) is 0 Å². The molecule has 0 amide bonds. The molecule has 2 N–H and O–H groups in total.